The third-order valence-electron chi connectivity index (χ3n) is 4.90. The number of aromatic nitrogens is 4. The predicted octanol–water partition coefficient (Wildman–Crippen LogP) is 2.61. The summed E-state index contributed by atoms with van der Waals surface area (Å²) in [4.78, 5) is 12.8. The number of aryl methyl sites for hydroxylation is 1. The van der Waals surface area contributed by atoms with Crippen molar-refractivity contribution in [2.45, 2.75) is 13.5 Å². The summed E-state index contributed by atoms with van der Waals surface area (Å²) in [6.07, 6.45) is 5.38. The first-order valence-corrected chi connectivity index (χ1v) is 9.23. The highest BCUT2D eigenvalue weighted by atomic mass is 19.1. The topological polar surface area (TPSA) is 50.1 Å². The molecule has 3 heterocycles. The lowest BCUT2D eigenvalue weighted by Gasteiger charge is -2.35. The summed E-state index contributed by atoms with van der Waals surface area (Å²) in [6, 6.07) is 9.41. The van der Waals surface area contributed by atoms with Gasteiger partial charge in [-0.25, -0.2) is 14.4 Å². The van der Waals surface area contributed by atoms with E-state index in [-0.39, 0.29) is 5.82 Å². The number of anilines is 1. The van der Waals surface area contributed by atoms with Crippen LogP contribution in [-0.4, -0.2) is 57.4 Å². The number of hydrogen-bond donors (Lipinski definition) is 0. The fraction of sp³-hybridized carbons (Fsp3) is 0.350. The summed E-state index contributed by atoms with van der Waals surface area (Å²) in [6.45, 7) is 7.11. The van der Waals surface area contributed by atoms with Crippen molar-refractivity contribution in [1.82, 2.24) is 24.6 Å². The highest BCUT2D eigenvalue weighted by Gasteiger charge is 2.22. The molecule has 0 spiro atoms. The quantitative estimate of drug-likeness (QED) is 0.695. The van der Waals surface area contributed by atoms with Crippen LogP contribution in [0.5, 0.6) is 0 Å². The Morgan fingerprint density at radius 2 is 1.78 bits per heavy atom. The second-order valence-electron chi connectivity index (χ2n) is 6.84. The van der Waals surface area contributed by atoms with Crippen LogP contribution in [0.3, 0.4) is 0 Å². The molecule has 7 heteroatoms. The molecular weight excluding hydrogens is 343 g/mol. The molecule has 27 heavy (non-hydrogen) atoms. The second-order valence-corrected chi connectivity index (χ2v) is 6.84. The van der Waals surface area contributed by atoms with E-state index in [0.29, 0.717) is 11.5 Å². The molecule has 0 aliphatic carbocycles. The first kappa shape index (κ1) is 17.6. The molecule has 0 radical (unpaired) electrons. The molecule has 140 valence electrons. The molecule has 0 N–H and O–H groups in total. The van der Waals surface area contributed by atoms with Crippen LogP contribution in [0, 0.1) is 12.7 Å². The highest BCUT2D eigenvalue weighted by molar-refractivity contribution is 5.63. The van der Waals surface area contributed by atoms with Gasteiger partial charge in [-0.1, -0.05) is 30.3 Å². The Labute approximate surface area is 158 Å². The van der Waals surface area contributed by atoms with Crippen molar-refractivity contribution in [2.24, 2.45) is 0 Å². The molecule has 1 aliphatic rings. The van der Waals surface area contributed by atoms with Crippen LogP contribution in [0.2, 0.25) is 0 Å². The highest BCUT2D eigenvalue weighted by Crippen LogP contribution is 2.26. The van der Waals surface area contributed by atoms with Crippen molar-refractivity contribution in [3.63, 3.8) is 0 Å². The van der Waals surface area contributed by atoms with Gasteiger partial charge in [0.2, 0.25) is 0 Å². The third kappa shape index (κ3) is 3.98. The minimum Gasteiger partial charge on any atom is -0.352 e. The number of nitrogens with zero attached hydrogens (tertiary/aromatic N) is 6. The molecule has 4 rings (SSSR count). The van der Waals surface area contributed by atoms with Crippen LogP contribution in [0.15, 0.2) is 49.1 Å². The molecule has 0 atom stereocenters. The van der Waals surface area contributed by atoms with Gasteiger partial charge in [0, 0.05) is 44.5 Å². The van der Waals surface area contributed by atoms with E-state index in [1.807, 2.05) is 53.0 Å². The molecule has 1 aliphatic heterocycles. The predicted molar refractivity (Wildman–Crippen MR) is 103 cm³/mol. The van der Waals surface area contributed by atoms with E-state index in [2.05, 4.69) is 26.2 Å². The van der Waals surface area contributed by atoms with Crippen LogP contribution < -0.4 is 4.90 Å². The molecule has 1 saturated heterocycles. The Morgan fingerprint density at radius 3 is 2.48 bits per heavy atom. The van der Waals surface area contributed by atoms with Gasteiger partial charge in [0.05, 0.1) is 12.7 Å². The lowest BCUT2D eigenvalue weighted by molar-refractivity contribution is 0.243. The van der Waals surface area contributed by atoms with Gasteiger partial charge in [-0.2, -0.15) is 5.10 Å². The van der Waals surface area contributed by atoms with Gasteiger partial charge in [-0.15, -0.1) is 0 Å². The fourth-order valence-corrected chi connectivity index (χ4v) is 3.39. The molecule has 3 aromatic rings. The van der Waals surface area contributed by atoms with Gasteiger partial charge in [0.25, 0.3) is 0 Å². The average molecular weight is 366 g/mol. The maximum Gasteiger partial charge on any atom is 0.191 e. The van der Waals surface area contributed by atoms with Crippen LogP contribution in [0.1, 0.15) is 5.56 Å². The molecule has 2 aromatic heterocycles. The van der Waals surface area contributed by atoms with E-state index in [0.717, 1.165) is 44.8 Å². The number of benzene rings is 1. The molecule has 1 fully saturated rings. The first-order chi connectivity index (χ1) is 13.2. The standard InChI is InChI=1S/C20H23FN6/c1-16-13-24-27(14-16)12-9-25-7-10-26(11-8-25)20-18(21)19(22-15-23-20)17-5-3-2-4-6-17/h2-6,13-15H,7-12H2,1H3. The maximum absolute atomic E-state index is 15.0. The number of halogens is 1. The summed E-state index contributed by atoms with van der Waals surface area (Å²) in [5.41, 5.74) is 2.30. The van der Waals surface area contributed by atoms with Crippen LogP contribution in [0.25, 0.3) is 11.3 Å². The van der Waals surface area contributed by atoms with Gasteiger partial charge in [0.1, 0.15) is 12.0 Å². The second kappa shape index (κ2) is 7.84. The molecule has 6 nitrogen and oxygen atoms in total. The molecule has 0 amide bonds. The third-order valence-corrected chi connectivity index (χ3v) is 4.90. The van der Waals surface area contributed by atoms with E-state index in [9.17, 15) is 0 Å². The van der Waals surface area contributed by atoms with Gasteiger partial charge in [0.15, 0.2) is 11.6 Å². The minimum atomic E-state index is -0.343. The van der Waals surface area contributed by atoms with Crippen molar-refractivity contribution >= 4 is 5.82 Å². The summed E-state index contributed by atoms with van der Waals surface area (Å²) >= 11 is 0. The monoisotopic (exact) mass is 366 g/mol. The van der Waals surface area contributed by atoms with E-state index < -0.39 is 0 Å². The smallest absolute Gasteiger partial charge is 0.191 e. The average Bonchev–Trinajstić information content (AvgIpc) is 3.13. The molecule has 0 unspecified atom stereocenters. The normalized spacial score (nSPS) is 15.3. The SMILES string of the molecule is Cc1cnn(CCN2CCN(c3ncnc(-c4ccccc4)c3F)CC2)c1. The summed E-state index contributed by atoms with van der Waals surface area (Å²) < 4.78 is 17.0. The zero-order chi connectivity index (χ0) is 18.6. The van der Waals surface area contributed by atoms with Gasteiger partial charge >= 0.3 is 0 Å². The van der Waals surface area contributed by atoms with Gasteiger partial charge < -0.3 is 4.90 Å². The lowest BCUT2D eigenvalue weighted by Crippen LogP contribution is -2.47. The van der Waals surface area contributed by atoms with Crippen molar-refractivity contribution in [2.75, 3.05) is 37.6 Å². The van der Waals surface area contributed by atoms with E-state index in [4.69, 9.17) is 0 Å². The van der Waals surface area contributed by atoms with E-state index in [1.54, 1.807) is 0 Å². The Kier molecular flexibility index (Phi) is 5.11. The fourth-order valence-electron chi connectivity index (χ4n) is 3.39. The van der Waals surface area contributed by atoms with Gasteiger partial charge in [-0.3, -0.25) is 9.58 Å². The molecular formula is C20H23FN6. The van der Waals surface area contributed by atoms with Crippen molar-refractivity contribution in [3.05, 3.63) is 60.4 Å². The Morgan fingerprint density at radius 1 is 1.00 bits per heavy atom. The molecule has 0 saturated carbocycles. The molecule has 1 aromatic carbocycles. The lowest BCUT2D eigenvalue weighted by atomic mass is 10.1. The molecule has 0 bridgehead atoms. The van der Waals surface area contributed by atoms with E-state index in [1.165, 1.54) is 11.9 Å². The van der Waals surface area contributed by atoms with Crippen LogP contribution in [-0.2, 0) is 6.54 Å². The Balaban J connectivity index is 1.39. The van der Waals surface area contributed by atoms with Crippen molar-refractivity contribution < 1.29 is 4.39 Å². The summed E-state index contributed by atoms with van der Waals surface area (Å²) in [7, 11) is 0. The van der Waals surface area contributed by atoms with Gasteiger partial charge in [-0.05, 0) is 12.5 Å². The maximum atomic E-state index is 15.0. The zero-order valence-electron chi connectivity index (χ0n) is 15.4. The van der Waals surface area contributed by atoms with E-state index >= 15 is 4.39 Å². The van der Waals surface area contributed by atoms with Crippen LogP contribution in [0.4, 0.5) is 10.2 Å². The zero-order valence-corrected chi connectivity index (χ0v) is 15.4. The number of hydrogen-bond acceptors (Lipinski definition) is 5. The summed E-state index contributed by atoms with van der Waals surface area (Å²) in [5, 5.41) is 4.33. The Bertz CT molecular complexity index is 886. The number of rotatable bonds is 5. The summed E-state index contributed by atoms with van der Waals surface area (Å²) in [5.74, 6) is 0.0513. The van der Waals surface area contributed by atoms with Crippen LogP contribution >= 0.6 is 0 Å². The van der Waals surface area contributed by atoms with Crippen molar-refractivity contribution in [3.8, 4) is 11.3 Å². The first-order valence-electron chi connectivity index (χ1n) is 9.23. The minimum absolute atomic E-state index is 0.343. The van der Waals surface area contributed by atoms with Crippen molar-refractivity contribution in [1.29, 1.82) is 0 Å². The number of piperazine rings is 1. The largest absolute Gasteiger partial charge is 0.352 e. The Hall–Kier alpha value is -2.80.